The van der Waals surface area contributed by atoms with Crippen molar-refractivity contribution >= 4 is 15.9 Å². The fourth-order valence-electron chi connectivity index (χ4n) is 3.12. The van der Waals surface area contributed by atoms with Gasteiger partial charge in [0.2, 0.25) is 15.9 Å². The number of hydrogen-bond donors (Lipinski definition) is 1. The van der Waals surface area contributed by atoms with E-state index in [1.165, 1.54) is 35.5 Å². The summed E-state index contributed by atoms with van der Waals surface area (Å²) < 4.78 is 27.3. The zero-order chi connectivity index (χ0) is 18.6. The van der Waals surface area contributed by atoms with Crippen LogP contribution >= 0.6 is 0 Å². The Morgan fingerprint density at radius 2 is 2.00 bits per heavy atom. The maximum absolute atomic E-state index is 12.9. The maximum atomic E-state index is 12.9. The molecule has 1 aromatic rings. The molecule has 1 aliphatic rings. The minimum absolute atomic E-state index is 0.0220. The van der Waals surface area contributed by atoms with Crippen LogP contribution in [-0.2, 0) is 14.8 Å². The molecule has 0 bridgehead atoms. The summed E-state index contributed by atoms with van der Waals surface area (Å²) in [5.41, 5.74) is 0.430. The number of benzene rings is 1. The van der Waals surface area contributed by atoms with Gasteiger partial charge in [0.15, 0.2) is 0 Å². The van der Waals surface area contributed by atoms with Crippen LogP contribution in [-0.4, -0.2) is 63.3 Å². The number of carbonyl (C=O) groups is 1. The van der Waals surface area contributed by atoms with Crippen LogP contribution < -0.4 is 5.32 Å². The van der Waals surface area contributed by atoms with E-state index in [4.69, 9.17) is 5.26 Å². The molecule has 1 saturated heterocycles. The van der Waals surface area contributed by atoms with Crippen molar-refractivity contribution in [2.45, 2.75) is 24.3 Å². The quantitative estimate of drug-likeness (QED) is 0.827. The highest BCUT2D eigenvalue weighted by Crippen LogP contribution is 2.26. The molecule has 2 rings (SSSR count). The van der Waals surface area contributed by atoms with E-state index < -0.39 is 10.0 Å². The first kappa shape index (κ1) is 19.4. The number of nitriles is 1. The number of rotatable bonds is 5. The molecule has 8 heteroatoms. The standard InChI is InChI=1S/C17H24N4O3S/c1-13(22)19-11-15-8-9-21(12-17(15)20(2)3)25(23,24)16-6-4-14(10-18)5-7-16/h4-7,15,17H,8-9,11-12H2,1-3H3,(H,19,22)/t15-,17-/m1/s1. The predicted molar refractivity (Wildman–Crippen MR) is 94.2 cm³/mol. The Labute approximate surface area is 149 Å². The van der Waals surface area contributed by atoms with Crippen molar-refractivity contribution in [3.63, 3.8) is 0 Å². The first-order valence-electron chi connectivity index (χ1n) is 8.17. The predicted octanol–water partition coefficient (Wildman–Crippen LogP) is 0.635. The van der Waals surface area contributed by atoms with E-state index in [1.54, 1.807) is 0 Å². The number of piperidine rings is 1. The van der Waals surface area contributed by atoms with Gasteiger partial charge in [0, 0.05) is 32.6 Å². The van der Waals surface area contributed by atoms with E-state index in [2.05, 4.69) is 5.32 Å². The number of sulfonamides is 1. The second kappa shape index (κ2) is 7.95. The fraction of sp³-hybridized carbons (Fsp3) is 0.529. The summed E-state index contributed by atoms with van der Waals surface area (Å²) in [5, 5.41) is 11.7. The molecule has 7 nitrogen and oxygen atoms in total. The topological polar surface area (TPSA) is 93.5 Å². The molecule has 0 radical (unpaired) electrons. The van der Waals surface area contributed by atoms with Crippen molar-refractivity contribution in [3.05, 3.63) is 29.8 Å². The second-order valence-corrected chi connectivity index (χ2v) is 8.45. The monoisotopic (exact) mass is 364 g/mol. The largest absolute Gasteiger partial charge is 0.356 e. The number of nitrogens with zero attached hydrogens (tertiary/aromatic N) is 3. The lowest BCUT2D eigenvalue weighted by Gasteiger charge is -2.41. The van der Waals surface area contributed by atoms with Crippen LogP contribution in [0.15, 0.2) is 29.2 Å². The molecule has 1 heterocycles. The van der Waals surface area contributed by atoms with Crippen LogP contribution in [0.4, 0.5) is 0 Å². The SMILES string of the molecule is CC(=O)NC[C@H]1CCN(S(=O)(=O)c2ccc(C#N)cc2)C[C@H]1N(C)C. The lowest BCUT2D eigenvalue weighted by molar-refractivity contribution is -0.119. The Morgan fingerprint density at radius 3 is 2.52 bits per heavy atom. The molecule has 1 aromatic carbocycles. The number of nitrogens with one attached hydrogen (secondary N) is 1. The van der Waals surface area contributed by atoms with Crippen LogP contribution in [0.2, 0.25) is 0 Å². The van der Waals surface area contributed by atoms with Crippen LogP contribution in [0.3, 0.4) is 0 Å². The number of hydrogen-bond acceptors (Lipinski definition) is 5. The molecule has 1 aliphatic heterocycles. The zero-order valence-corrected chi connectivity index (χ0v) is 15.6. The third-order valence-electron chi connectivity index (χ3n) is 4.58. The molecular weight excluding hydrogens is 340 g/mol. The van der Waals surface area contributed by atoms with Crippen LogP contribution in [0.25, 0.3) is 0 Å². The Hall–Kier alpha value is -1.95. The highest BCUT2D eigenvalue weighted by molar-refractivity contribution is 7.89. The molecule has 1 N–H and O–H groups in total. The molecule has 0 spiro atoms. The molecule has 136 valence electrons. The van der Waals surface area contributed by atoms with Gasteiger partial charge >= 0.3 is 0 Å². The molecule has 0 aromatic heterocycles. The van der Waals surface area contributed by atoms with Crippen molar-refractivity contribution in [1.82, 2.24) is 14.5 Å². The minimum Gasteiger partial charge on any atom is -0.356 e. The smallest absolute Gasteiger partial charge is 0.243 e. The number of likely N-dealkylation sites (N-methyl/N-ethyl adjacent to an activating group) is 1. The van der Waals surface area contributed by atoms with Crippen LogP contribution in [0.1, 0.15) is 18.9 Å². The lowest BCUT2D eigenvalue weighted by Crippen LogP contribution is -2.54. The first-order chi connectivity index (χ1) is 11.8. The van der Waals surface area contributed by atoms with Gasteiger partial charge in [-0.05, 0) is 50.7 Å². The Kier molecular flexibility index (Phi) is 6.16. The average Bonchev–Trinajstić information content (AvgIpc) is 2.59. The van der Waals surface area contributed by atoms with Gasteiger partial charge in [0.1, 0.15) is 0 Å². The van der Waals surface area contributed by atoms with Gasteiger partial charge in [-0.15, -0.1) is 0 Å². The average molecular weight is 364 g/mol. The van der Waals surface area contributed by atoms with Crippen LogP contribution in [0.5, 0.6) is 0 Å². The van der Waals surface area contributed by atoms with Gasteiger partial charge in [-0.3, -0.25) is 4.79 Å². The fourth-order valence-corrected chi connectivity index (χ4v) is 4.59. The Morgan fingerprint density at radius 1 is 1.36 bits per heavy atom. The van der Waals surface area contributed by atoms with E-state index in [9.17, 15) is 13.2 Å². The molecular formula is C17H24N4O3S. The summed E-state index contributed by atoms with van der Waals surface area (Å²) in [7, 11) is 0.242. The van der Waals surface area contributed by atoms with Gasteiger partial charge in [-0.25, -0.2) is 8.42 Å². The molecule has 2 atom stereocenters. The molecule has 25 heavy (non-hydrogen) atoms. The molecule has 0 saturated carbocycles. The summed E-state index contributed by atoms with van der Waals surface area (Å²) in [5.74, 6) is 0.122. The van der Waals surface area contributed by atoms with Crippen LogP contribution in [0, 0.1) is 17.2 Å². The highest BCUT2D eigenvalue weighted by atomic mass is 32.2. The van der Waals surface area contributed by atoms with E-state index in [-0.39, 0.29) is 22.8 Å². The van der Waals surface area contributed by atoms with Gasteiger partial charge in [-0.1, -0.05) is 0 Å². The first-order valence-corrected chi connectivity index (χ1v) is 9.61. The molecule has 0 unspecified atom stereocenters. The van der Waals surface area contributed by atoms with E-state index in [0.29, 0.717) is 31.6 Å². The summed E-state index contributed by atoms with van der Waals surface area (Å²) in [6, 6.07) is 7.98. The van der Waals surface area contributed by atoms with Crippen molar-refractivity contribution in [2.75, 3.05) is 33.7 Å². The summed E-state index contributed by atoms with van der Waals surface area (Å²) >= 11 is 0. The van der Waals surface area contributed by atoms with Crippen molar-refractivity contribution in [1.29, 1.82) is 5.26 Å². The normalized spacial score (nSPS) is 21.7. The third kappa shape index (κ3) is 4.57. The van der Waals surface area contributed by atoms with Gasteiger partial charge < -0.3 is 10.2 Å². The van der Waals surface area contributed by atoms with Crippen molar-refractivity contribution in [2.24, 2.45) is 5.92 Å². The van der Waals surface area contributed by atoms with E-state index >= 15 is 0 Å². The lowest BCUT2D eigenvalue weighted by atomic mass is 9.92. The van der Waals surface area contributed by atoms with Crippen molar-refractivity contribution in [3.8, 4) is 6.07 Å². The van der Waals surface area contributed by atoms with E-state index in [1.807, 2.05) is 25.1 Å². The van der Waals surface area contributed by atoms with Crippen molar-refractivity contribution < 1.29 is 13.2 Å². The summed E-state index contributed by atoms with van der Waals surface area (Å²) in [4.78, 5) is 13.4. The summed E-state index contributed by atoms with van der Waals surface area (Å²) in [6.45, 7) is 2.81. The van der Waals surface area contributed by atoms with Gasteiger partial charge in [0.05, 0.1) is 16.5 Å². The van der Waals surface area contributed by atoms with E-state index in [0.717, 1.165) is 0 Å². The summed E-state index contributed by atoms with van der Waals surface area (Å²) in [6.07, 6.45) is 0.679. The zero-order valence-electron chi connectivity index (χ0n) is 14.8. The number of amides is 1. The Balaban J connectivity index is 2.17. The number of carbonyl (C=O) groups excluding carboxylic acids is 1. The second-order valence-electron chi connectivity index (χ2n) is 6.52. The molecule has 0 aliphatic carbocycles. The van der Waals surface area contributed by atoms with Gasteiger partial charge in [-0.2, -0.15) is 9.57 Å². The Bertz CT molecular complexity index is 753. The molecule has 1 amide bonds. The highest BCUT2D eigenvalue weighted by Gasteiger charge is 2.36. The minimum atomic E-state index is -3.60. The third-order valence-corrected chi connectivity index (χ3v) is 6.46. The van der Waals surface area contributed by atoms with Gasteiger partial charge in [0.25, 0.3) is 0 Å². The maximum Gasteiger partial charge on any atom is 0.243 e. The molecule has 1 fully saturated rings.